The summed E-state index contributed by atoms with van der Waals surface area (Å²) in [5.41, 5.74) is 0.626. The van der Waals surface area contributed by atoms with Crippen molar-refractivity contribution < 1.29 is 27.9 Å². The fraction of sp³-hybridized carbons (Fsp3) is 0.323. The van der Waals surface area contributed by atoms with Gasteiger partial charge in [0.05, 0.1) is 32.1 Å². The van der Waals surface area contributed by atoms with Crippen LogP contribution >= 0.6 is 23.2 Å². The van der Waals surface area contributed by atoms with Crippen molar-refractivity contribution in [2.24, 2.45) is 0 Å². The minimum atomic E-state index is -4.23. The standard InChI is InChI=1S/C31H32Cl2N6O6S/c1-31(2,3)38-24-11-12-39(46(44,45)21-6-4-5-19(13-21)15-34)27(24)29(41)37-25(30(42)43)14-18-7-9-20(10-8-18)36-28(40)26-22(32)16-35-17-23(26)33/h4-10,13,16-17,24-25,27,38H,11-12,14H2,1-3H3,(H,36,40)(H,37,41)(H,42,43)/t24-,25-,27?/m0/s1. The number of nitrogens with zero attached hydrogens (tertiary/aromatic N) is 3. The minimum absolute atomic E-state index is 0.00574. The van der Waals surface area contributed by atoms with E-state index in [1.54, 1.807) is 24.3 Å². The summed E-state index contributed by atoms with van der Waals surface area (Å²) in [7, 11) is -4.23. The molecule has 1 aliphatic rings. The second kappa shape index (κ2) is 14.1. The zero-order valence-corrected chi connectivity index (χ0v) is 27.4. The highest BCUT2D eigenvalue weighted by Crippen LogP contribution is 2.29. The second-order valence-electron chi connectivity index (χ2n) is 11.7. The van der Waals surface area contributed by atoms with Crippen LogP contribution in [0.25, 0.3) is 0 Å². The van der Waals surface area contributed by atoms with Crippen molar-refractivity contribution in [2.45, 2.75) is 62.2 Å². The molecule has 1 aliphatic heterocycles. The van der Waals surface area contributed by atoms with Crippen molar-refractivity contribution in [3.63, 3.8) is 0 Å². The van der Waals surface area contributed by atoms with Gasteiger partial charge in [0, 0.05) is 42.6 Å². The average Bonchev–Trinajstić information content (AvgIpc) is 3.40. The van der Waals surface area contributed by atoms with Gasteiger partial charge in [-0.15, -0.1) is 0 Å². The number of nitriles is 1. The molecule has 15 heteroatoms. The second-order valence-corrected chi connectivity index (χ2v) is 14.4. The van der Waals surface area contributed by atoms with E-state index < -0.39 is 51.5 Å². The third-order valence-electron chi connectivity index (χ3n) is 7.16. The topological polar surface area (TPSA) is 182 Å². The van der Waals surface area contributed by atoms with Gasteiger partial charge in [-0.2, -0.15) is 9.57 Å². The number of hydrogen-bond donors (Lipinski definition) is 4. The van der Waals surface area contributed by atoms with Crippen molar-refractivity contribution in [1.82, 2.24) is 19.9 Å². The highest BCUT2D eigenvalue weighted by molar-refractivity contribution is 7.89. The largest absolute Gasteiger partial charge is 0.480 e. The fourth-order valence-corrected chi connectivity index (χ4v) is 7.38. The Bertz CT molecular complexity index is 1770. The zero-order chi connectivity index (χ0) is 33.8. The van der Waals surface area contributed by atoms with Crippen LogP contribution in [0.4, 0.5) is 5.69 Å². The van der Waals surface area contributed by atoms with Gasteiger partial charge >= 0.3 is 5.97 Å². The van der Waals surface area contributed by atoms with Gasteiger partial charge in [-0.25, -0.2) is 13.2 Å². The summed E-state index contributed by atoms with van der Waals surface area (Å²) >= 11 is 12.1. The van der Waals surface area contributed by atoms with Crippen LogP contribution in [0.2, 0.25) is 10.0 Å². The maximum atomic E-state index is 13.8. The number of anilines is 1. The number of halogens is 2. The van der Waals surface area contributed by atoms with Gasteiger partial charge in [0.15, 0.2) is 0 Å². The maximum absolute atomic E-state index is 13.8. The summed E-state index contributed by atoms with van der Waals surface area (Å²) in [6.45, 7) is 5.64. The lowest BCUT2D eigenvalue weighted by Gasteiger charge is -2.32. The number of sulfonamides is 1. The Kier molecular flexibility index (Phi) is 10.7. The lowest BCUT2D eigenvalue weighted by atomic mass is 10.0. The molecular weight excluding hydrogens is 655 g/mol. The number of carboxylic acids is 1. The van der Waals surface area contributed by atoms with E-state index in [2.05, 4.69) is 20.9 Å². The molecule has 3 aromatic rings. The Morgan fingerprint density at radius 2 is 1.76 bits per heavy atom. The van der Waals surface area contributed by atoms with E-state index in [-0.39, 0.29) is 39.0 Å². The number of aliphatic carboxylic acids is 1. The number of carbonyl (C=O) groups excluding carboxylic acids is 2. The molecule has 0 radical (unpaired) electrons. The number of amides is 2. The molecule has 4 rings (SSSR count). The monoisotopic (exact) mass is 686 g/mol. The first-order valence-electron chi connectivity index (χ1n) is 14.1. The first kappa shape index (κ1) is 34.8. The van der Waals surface area contributed by atoms with Crippen LogP contribution in [0.1, 0.15) is 48.7 Å². The van der Waals surface area contributed by atoms with Gasteiger partial charge in [-0.1, -0.05) is 41.4 Å². The lowest BCUT2D eigenvalue weighted by Crippen LogP contribution is -2.59. The first-order chi connectivity index (χ1) is 21.6. The molecule has 0 spiro atoms. The predicted octanol–water partition coefficient (Wildman–Crippen LogP) is 3.84. The molecule has 12 nitrogen and oxygen atoms in total. The Labute approximate surface area is 276 Å². The van der Waals surface area contributed by atoms with Crippen LogP contribution in [0.15, 0.2) is 65.8 Å². The van der Waals surface area contributed by atoms with E-state index in [4.69, 9.17) is 23.2 Å². The fourth-order valence-electron chi connectivity index (χ4n) is 5.15. The molecule has 0 aliphatic carbocycles. The average molecular weight is 688 g/mol. The van der Waals surface area contributed by atoms with Crippen LogP contribution < -0.4 is 16.0 Å². The van der Waals surface area contributed by atoms with Gasteiger partial charge < -0.3 is 21.1 Å². The Morgan fingerprint density at radius 3 is 2.35 bits per heavy atom. The maximum Gasteiger partial charge on any atom is 0.326 e. The van der Waals surface area contributed by atoms with Gasteiger partial charge in [0.25, 0.3) is 5.91 Å². The molecule has 46 heavy (non-hydrogen) atoms. The van der Waals surface area contributed by atoms with Gasteiger partial charge in [-0.3, -0.25) is 14.6 Å². The van der Waals surface area contributed by atoms with Crippen molar-refractivity contribution >= 4 is 56.7 Å². The van der Waals surface area contributed by atoms with Crippen LogP contribution in [0.3, 0.4) is 0 Å². The molecule has 1 saturated heterocycles. The van der Waals surface area contributed by atoms with Crippen molar-refractivity contribution in [2.75, 3.05) is 11.9 Å². The van der Waals surface area contributed by atoms with Crippen LogP contribution in [-0.4, -0.2) is 70.8 Å². The molecule has 1 unspecified atom stereocenters. The molecule has 3 atom stereocenters. The number of benzene rings is 2. The van der Waals surface area contributed by atoms with E-state index in [1.807, 2.05) is 26.8 Å². The predicted molar refractivity (Wildman–Crippen MR) is 172 cm³/mol. The van der Waals surface area contributed by atoms with Crippen molar-refractivity contribution in [3.8, 4) is 6.07 Å². The quantitative estimate of drug-likeness (QED) is 0.246. The lowest BCUT2D eigenvalue weighted by molar-refractivity contribution is -0.142. The molecule has 0 saturated carbocycles. The number of carbonyl (C=O) groups is 3. The molecule has 1 fully saturated rings. The molecule has 1 aromatic heterocycles. The molecule has 4 N–H and O–H groups in total. The van der Waals surface area contributed by atoms with Gasteiger partial charge in [0.1, 0.15) is 12.1 Å². The molecule has 2 amide bonds. The molecule has 242 valence electrons. The summed E-state index contributed by atoms with van der Waals surface area (Å²) in [5.74, 6) is -2.65. The summed E-state index contributed by atoms with van der Waals surface area (Å²) in [6, 6.07) is 10.4. The number of hydrogen-bond acceptors (Lipinski definition) is 8. The molecule has 0 bridgehead atoms. The van der Waals surface area contributed by atoms with E-state index in [0.29, 0.717) is 17.7 Å². The highest BCUT2D eigenvalue weighted by atomic mass is 35.5. The van der Waals surface area contributed by atoms with Crippen LogP contribution in [-0.2, 0) is 26.0 Å². The van der Waals surface area contributed by atoms with E-state index in [9.17, 15) is 33.2 Å². The number of nitrogens with one attached hydrogen (secondary N) is 3. The number of rotatable bonds is 10. The number of pyridine rings is 1. The SMILES string of the molecule is CC(C)(C)N[C@H]1CCN(S(=O)(=O)c2cccc(C#N)c2)C1C(=O)N[C@@H](Cc1ccc(NC(=O)c2c(Cl)cncc2Cl)cc1)C(=O)O. The zero-order valence-electron chi connectivity index (χ0n) is 25.1. The van der Waals surface area contributed by atoms with E-state index in [1.165, 1.54) is 36.7 Å². The summed E-state index contributed by atoms with van der Waals surface area (Å²) in [5, 5.41) is 27.9. The highest BCUT2D eigenvalue weighted by Gasteiger charge is 2.47. The van der Waals surface area contributed by atoms with Gasteiger partial charge in [0.2, 0.25) is 15.9 Å². The number of carboxylic acid groups (broad SMARTS) is 1. The van der Waals surface area contributed by atoms with Gasteiger partial charge in [-0.05, 0) is 63.1 Å². The Balaban J connectivity index is 1.53. The van der Waals surface area contributed by atoms with E-state index >= 15 is 0 Å². The molecule has 2 heterocycles. The summed E-state index contributed by atoms with van der Waals surface area (Å²) < 4.78 is 28.5. The summed E-state index contributed by atoms with van der Waals surface area (Å²) in [4.78, 5) is 42.4. The van der Waals surface area contributed by atoms with E-state index in [0.717, 1.165) is 4.31 Å². The third-order valence-corrected chi connectivity index (χ3v) is 9.61. The smallest absolute Gasteiger partial charge is 0.326 e. The van der Waals surface area contributed by atoms with Crippen molar-refractivity contribution in [3.05, 3.63) is 87.7 Å². The molecular formula is C31H32Cl2N6O6S. The van der Waals surface area contributed by atoms with Crippen LogP contribution in [0.5, 0.6) is 0 Å². The minimum Gasteiger partial charge on any atom is -0.480 e. The Morgan fingerprint density at radius 1 is 1.11 bits per heavy atom. The normalized spacial score (nSPS) is 17.6. The number of aromatic nitrogens is 1. The van der Waals surface area contributed by atoms with Crippen molar-refractivity contribution in [1.29, 1.82) is 5.26 Å². The first-order valence-corrected chi connectivity index (χ1v) is 16.3. The molecule has 2 aromatic carbocycles. The van der Waals surface area contributed by atoms with Crippen LogP contribution in [0, 0.1) is 11.3 Å². The third kappa shape index (κ3) is 8.20. The summed E-state index contributed by atoms with van der Waals surface area (Å²) in [6.07, 6.45) is 2.75. The Hall–Kier alpha value is -4.06.